The molecule has 1 aliphatic heterocycles. The van der Waals surface area contributed by atoms with E-state index >= 15 is 0 Å². The highest BCUT2D eigenvalue weighted by atomic mass is 16.5. The van der Waals surface area contributed by atoms with E-state index in [-0.39, 0.29) is 112 Å². The van der Waals surface area contributed by atoms with Gasteiger partial charge in [0.25, 0.3) is 0 Å². The van der Waals surface area contributed by atoms with Crippen molar-refractivity contribution in [2.24, 2.45) is 0 Å². The largest absolute Gasteiger partial charge is 0.756 e. The van der Waals surface area contributed by atoms with Gasteiger partial charge >= 0.3 is 5.97 Å². The van der Waals surface area contributed by atoms with Gasteiger partial charge in [-0.2, -0.15) is 0 Å². The van der Waals surface area contributed by atoms with Gasteiger partial charge in [-0.05, 0) is 72.1 Å². The molecule has 0 saturated carbocycles. The van der Waals surface area contributed by atoms with Crippen LogP contribution in [0, 0.1) is 15.6 Å². The molecule has 1 fully saturated rings. The van der Waals surface area contributed by atoms with Gasteiger partial charge < -0.3 is 61.7 Å². The third-order valence-corrected chi connectivity index (χ3v) is 8.09. The molecular weight excluding hydrogens is 712 g/mol. The molecule has 1 saturated heterocycles. The number of hydrogen-bond donors (Lipinski definition) is 5. The van der Waals surface area contributed by atoms with Crippen LogP contribution in [0.3, 0.4) is 0 Å². The summed E-state index contributed by atoms with van der Waals surface area (Å²) >= 11 is 0. The fourth-order valence-electron chi connectivity index (χ4n) is 5.05. The maximum Gasteiger partial charge on any atom is 0.328 e. The Bertz CT molecular complexity index is 1400. The molecule has 1 heterocycles. The summed E-state index contributed by atoms with van der Waals surface area (Å²) in [6.07, 6.45) is 4.40. The first-order chi connectivity index (χ1) is 25.5. The molecule has 0 spiro atoms. The lowest BCUT2D eigenvalue weighted by Gasteiger charge is -2.32. The Morgan fingerprint density at radius 3 is 1.48 bits per heavy atom. The fourth-order valence-corrected chi connectivity index (χ4v) is 5.05. The van der Waals surface area contributed by atoms with Gasteiger partial charge in [0.1, 0.15) is 18.1 Å². The summed E-state index contributed by atoms with van der Waals surface area (Å²) in [6, 6.07) is -2.94. The number of ether oxygens (including phenoxy) is 1. The molecule has 0 aromatic carbocycles. The summed E-state index contributed by atoms with van der Waals surface area (Å²) in [5.41, 5.74) is 1.50. The van der Waals surface area contributed by atoms with Crippen LogP contribution < -0.4 is 16.0 Å². The molecule has 3 atom stereocenters. The lowest BCUT2D eigenvalue weighted by molar-refractivity contribution is -0.147. The maximum atomic E-state index is 12.6. The Labute approximate surface area is 314 Å². The Balaban J connectivity index is 2.47. The molecule has 54 heavy (non-hydrogen) atoms. The van der Waals surface area contributed by atoms with Crippen LogP contribution in [-0.2, 0) is 38.3 Å². The van der Waals surface area contributed by atoms with Gasteiger partial charge in [0, 0.05) is 64.4 Å². The van der Waals surface area contributed by atoms with Crippen LogP contribution in [0.1, 0.15) is 85.5 Å². The number of carbonyl (C=O) groups excluding carboxylic acids is 7. The number of nitrogens with one attached hydrogen (secondary N) is 3. The standard InChI is InChI=1S/C35H53N6O13/c1-23(11-17-42)20-30(45)39(51)14-5-8-27-33(48)38-28(34(49)37-27)9-6-15-40(52)32(47)22-25(3)13-19-54-35(50)29(36-26(4)44)10-7-16-41(53)31(46)21-24(2)12-18-43/h20-22,27-29,42-43H,5-19H2,1-4H3,(H,36,44)(H,37,49)(H,38,48)/q-3/b23-20?,24-21?,25-22-. The van der Waals surface area contributed by atoms with Crippen molar-refractivity contribution in [3.63, 3.8) is 0 Å². The number of nitrogens with zero attached hydrogens (tertiary/aromatic N) is 3. The molecule has 0 radical (unpaired) electrons. The molecule has 1 aliphatic rings. The minimum absolute atomic E-state index is 0.00526. The number of rotatable bonds is 24. The fraction of sp³-hybridized carbons (Fsp3) is 0.629. The third-order valence-electron chi connectivity index (χ3n) is 8.09. The molecule has 1 rings (SSSR count). The molecule has 0 bridgehead atoms. The van der Waals surface area contributed by atoms with Gasteiger partial charge in [0.15, 0.2) is 0 Å². The molecule has 19 heteroatoms. The second kappa shape index (κ2) is 25.4. The van der Waals surface area contributed by atoms with Crippen molar-refractivity contribution >= 4 is 41.4 Å². The normalized spacial score (nSPS) is 16.9. The first kappa shape index (κ1) is 47.3. The molecule has 0 aliphatic carbocycles. The van der Waals surface area contributed by atoms with Crippen molar-refractivity contribution in [3.8, 4) is 0 Å². The highest BCUT2D eigenvalue weighted by Crippen LogP contribution is 2.12. The zero-order chi connectivity index (χ0) is 40.8. The number of aliphatic hydroxyl groups is 2. The van der Waals surface area contributed by atoms with Crippen LogP contribution in [0.15, 0.2) is 34.9 Å². The summed E-state index contributed by atoms with van der Waals surface area (Å²) < 4.78 is 5.22. The van der Waals surface area contributed by atoms with E-state index in [0.717, 1.165) is 18.2 Å². The lowest BCUT2D eigenvalue weighted by Crippen LogP contribution is -2.61. The molecule has 5 N–H and O–H groups in total. The molecule has 304 valence electrons. The summed E-state index contributed by atoms with van der Waals surface area (Å²) in [5.74, 6) is -4.75. The number of hydrogen-bond acceptors (Lipinski definition) is 13. The highest BCUT2D eigenvalue weighted by molar-refractivity contribution is 5.97. The van der Waals surface area contributed by atoms with Crippen molar-refractivity contribution in [2.75, 3.05) is 39.5 Å². The van der Waals surface area contributed by atoms with Gasteiger partial charge in [-0.25, -0.2) is 4.79 Å². The number of aliphatic hydroxyl groups excluding tert-OH is 2. The smallest absolute Gasteiger partial charge is 0.328 e. The van der Waals surface area contributed by atoms with Crippen LogP contribution in [0.25, 0.3) is 0 Å². The van der Waals surface area contributed by atoms with E-state index < -0.39 is 59.5 Å². The van der Waals surface area contributed by atoms with Crippen molar-refractivity contribution in [2.45, 2.75) is 104 Å². The van der Waals surface area contributed by atoms with Crippen LogP contribution in [0.4, 0.5) is 0 Å². The van der Waals surface area contributed by atoms with Crippen molar-refractivity contribution in [3.05, 3.63) is 50.6 Å². The second-order valence-corrected chi connectivity index (χ2v) is 13.0. The van der Waals surface area contributed by atoms with Gasteiger partial charge in [-0.3, -0.25) is 28.8 Å². The van der Waals surface area contributed by atoms with Crippen LogP contribution in [-0.4, -0.2) is 124 Å². The molecule has 0 aromatic rings. The number of amides is 6. The monoisotopic (exact) mass is 765 g/mol. The van der Waals surface area contributed by atoms with E-state index in [4.69, 9.17) is 14.9 Å². The SMILES string of the molecule is CC(=O)NC(CCCN([O-])C(=O)C=C(C)CCO)C(=O)OCC/C(C)=C\C(=O)N([O-])CCCC1NC(=O)C(CCCN([O-])C(=O)C=C(C)CCO)NC1=O. The third kappa shape index (κ3) is 18.9. The number of carbonyl (C=O) groups is 7. The van der Waals surface area contributed by atoms with E-state index in [0.29, 0.717) is 16.7 Å². The van der Waals surface area contributed by atoms with E-state index in [2.05, 4.69) is 16.0 Å². The van der Waals surface area contributed by atoms with Crippen LogP contribution >= 0.6 is 0 Å². The van der Waals surface area contributed by atoms with Crippen molar-refractivity contribution < 1.29 is 48.5 Å². The molecule has 0 aromatic heterocycles. The van der Waals surface area contributed by atoms with Crippen LogP contribution in [0.2, 0.25) is 0 Å². The Morgan fingerprint density at radius 1 is 0.704 bits per heavy atom. The van der Waals surface area contributed by atoms with Gasteiger partial charge in [-0.15, -0.1) is 0 Å². The average molecular weight is 766 g/mol. The molecule has 3 unspecified atom stereocenters. The minimum Gasteiger partial charge on any atom is -0.756 e. The summed E-state index contributed by atoms with van der Waals surface area (Å²) in [6.45, 7) is 4.73. The van der Waals surface area contributed by atoms with Gasteiger partial charge in [0.05, 0.1) is 6.61 Å². The van der Waals surface area contributed by atoms with E-state index in [1.54, 1.807) is 20.8 Å². The zero-order valence-electron chi connectivity index (χ0n) is 31.3. The van der Waals surface area contributed by atoms with Crippen molar-refractivity contribution in [1.82, 2.24) is 31.1 Å². The lowest BCUT2D eigenvalue weighted by atomic mass is 10.0. The quantitative estimate of drug-likeness (QED) is 0.0504. The van der Waals surface area contributed by atoms with E-state index in [9.17, 15) is 49.2 Å². The van der Waals surface area contributed by atoms with E-state index in [1.165, 1.54) is 6.92 Å². The number of piperazine rings is 1. The predicted octanol–water partition coefficient (Wildman–Crippen LogP) is 0.331. The Hall–Kier alpha value is -4.69. The predicted molar refractivity (Wildman–Crippen MR) is 195 cm³/mol. The number of esters is 1. The molecular formula is C35H53N6O13-3. The molecule has 19 nitrogen and oxygen atoms in total. The van der Waals surface area contributed by atoms with Gasteiger partial charge in [-0.1, -0.05) is 16.7 Å². The summed E-state index contributed by atoms with van der Waals surface area (Å²) in [5, 5.41) is 62.4. The maximum absolute atomic E-state index is 12.6. The first-order valence-corrected chi connectivity index (χ1v) is 17.7. The first-order valence-electron chi connectivity index (χ1n) is 17.7. The minimum atomic E-state index is -1.09. The second-order valence-electron chi connectivity index (χ2n) is 13.0. The van der Waals surface area contributed by atoms with Crippen molar-refractivity contribution in [1.29, 1.82) is 0 Å². The Kier molecular flexibility index (Phi) is 22.2. The highest BCUT2D eigenvalue weighted by Gasteiger charge is 2.33. The average Bonchev–Trinajstić information content (AvgIpc) is 3.09. The summed E-state index contributed by atoms with van der Waals surface area (Å²) in [4.78, 5) is 85.6. The topological polar surface area (TPSA) is 284 Å². The molecule has 6 amide bonds. The van der Waals surface area contributed by atoms with E-state index in [1.807, 2.05) is 0 Å². The Morgan fingerprint density at radius 2 is 1.09 bits per heavy atom. The van der Waals surface area contributed by atoms with Crippen LogP contribution in [0.5, 0.6) is 0 Å². The zero-order valence-corrected chi connectivity index (χ0v) is 31.3. The summed E-state index contributed by atoms with van der Waals surface area (Å²) in [7, 11) is 0. The number of hydroxylamine groups is 6. The van der Waals surface area contributed by atoms with Gasteiger partial charge in [0.2, 0.25) is 35.4 Å².